The summed E-state index contributed by atoms with van der Waals surface area (Å²) >= 11 is 0. The zero-order valence-corrected chi connectivity index (χ0v) is 18.3. The van der Waals surface area contributed by atoms with Crippen molar-refractivity contribution in [2.75, 3.05) is 0 Å². The summed E-state index contributed by atoms with van der Waals surface area (Å²) < 4.78 is 11.1. The van der Waals surface area contributed by atoms with Crippen molar-refractivity contribution in [1.82, 2.24) is 0 Å². The minimum absolute atomic E-state index is 0. The summed E-state index contributed by atoms with van der Waals surface area (Å²) in [4.78, 5) is 49.5. The van der Waals surface area contributed by atoms with E-state index in [-0.39, 0.29) is 93.0 Å². The van der Waals surface area contributed by atoms with E-state index in [1.165, 1.54) is 0 Å². The van der Waals surface area contributed by atoms with E-state index >= 15 is 0 Å². The Hall–Kier alpha value is 1.56. The SMILES string of the molecule is O=C(O)CCC(CC(=O)O)(C(=O)O)P(=O)(O)O.[H-].[H-].[H-].[Na+].[Na+].[Na+]. The van der Waals surface area contributed by atoms with Gasteiger partial charge in [0.05, 0.1) is 6.42 Å². The fourth-order valence-electron chi connectivity index (χ4n) is 1.21. The van der Waals surface area contributed by atoms with Crippen molar-refractivity contribution >= 4 is 25.5 Å². The van der Waals surface area contributed by atoms with Crippen LogP contribution in [0.1, 0.15) is 23.5 Å². The Labute approximate surface area is 185 Å². The summed E-state index contributed by atoms with van der Waals surface area (Å²) in [6.07, 6.45) is -3.17. The van der Waals surface area contributed by atoms with Gasteiger partial charge < -0.3 is 29.4 Å². The van der Waals surface area contributed by atoms with Crippen molar-refractivity contribution in [1.29, 1.82) is 0 Å². The molecule has 20 heavy (non-hydrogen) atoms. The number of hydrogen-bond acceptors (Lipinski definition) is 4. The first kappa shape index (κ1) is 29.6. The van der Waals surface area contributed by atoms with Crippen molar-refractivity contribution in [2.24, 2.45) is 0 Å². The fourth-order valence-corrected chi connectivity index (χ4v) is 2.20. The number of carboxylic acids is 3. The van der Waals surface area contributed by atoms with Crippen LogP contribution in [0.25, 0.3) is 0 Å². The maximum Gasteiger partial charge on any atom is 1.00 e. The smallest absolute Gasteiger partial charge is 1.00 e. The first-order valence-corrected chi connectivity index (χ1v) is 5.87. The molecule has 0 aliphatic heterocycles. The molecule has 9 nitrogen and oxygen atoms in total. The van der Waals surface area contributed by atoms with E-state index in [9.17, 15) is 18.9 Å². The number of carboxylic acid groups (broad SMARTS) is 3. The van der Waals surface area contributed by atoms with Gasteiger partial charge in [-0.3, -0.25) is 18.9 Å². The van der Waals surface area contributed by atoms with Crippen LogP contribution in [0.5, 0.6) is 0 Å². The van der Waals surface area contributed by atoms with Crippen molar-refractivity contribution in [2.45, 2.75) is 24.4 Å². The predicted molar refractivity (Wildman–Crippen MR) is 54.9 cm³/mol. The van der Waals surface area contributed by atoms with Crippen LogP contribution in [0, 0.1) is 0 Å². The van der Waals surface area contributed by atoms with E-state index in [1.54, 1.807) is 0 Å². The van der Waals surface area contributed by atoms with E-state index in [0.717, 1.165) is 0 Å². The predicted octanol–water partition coefficient (Wildman–Crippen LogP) is -9.32. The molecule has 0 aromatic carbocycles. The van der Waals surface area contributed by atoms with Gasteiger partial charge in [0.1, 0.15) is 0 Å². The molecule has 0 aliphatic carbocycles. The second-order valence-corrected chi connectivity index (χ2v) is 5.29. The molecule has 0 bridgehead atoms. The maximum absolute atomic E-state index is 11.1. The van der Waals surface area contributed by atoms with Crippen LogP contribution >= 0.6 is 7.60 Å². The summed E-state index contributed by atoms with van der Waals surface area (Å²) in [5.74, 6) is -5.25. The molecule has 13 heteroatoms. The number of rotatable bonds is 7. The Bertz CT molecular complexity index is 408. The molecule has 0 saturated heterocycles. The van der Waals surface area contributed by atoms with Gasteiger partial charge in [0.15, 0.2) is 5.16 Å². The van der Waals surface area contributed by atoms with Crippen LogP contribution in [0.2, 0.25) is 0 Å². The monoisotopic (exact) mass is 342 g/mol. The number of aliphatic carboxylic acids is 3. The Morgan fingerprint density at radius 2 is 1.35 bits per heavy atom. The molecule has 1 atom stereocenters. The van der Waals surface area contributed by atoms with Gasteiger partial charge in [-0.15, -0.1) is 0 Å². The van der Waals surface area contributed by atoms with Crippen LogP contribution in [-0.2, 0) is 18.9 Å². The van der Waals surface area contributed by atoms with Gasteiger partial charge in [-0.25, -0.2) is 0 Å². The molecule has 5 N–H and O–H groups in total. The molecule has 0 rings (SSSR count). The largest absolute Gasteiger partial charge is 1.00 e. The minimum atomic E-state index is -5.32. The van der Waals surface area contributed by atoms with E-state index in [2.05, 4.69) is 0 Å². The standard InChI is InChI=1S/C7H11O9P.3Na.3H/c8-4(9)1-2-7(6(12)13,3-5(10)11)17(14,15)16;;;;;;/h1-3H2,(H,8,9)(H,10,11)(H,12,13)(H2,14,15,16);;;;;;/q;3*+1;3*-1. The van der Waals surface area contributed by atoms with Crippen LogP contribution in [-0.4, -0.2) is 48.2 Å². The van der Waals surface area contributed by atoms with Crippen molar-refractivity contribution in [3.63, 3.8) is 0 Å². The Morgan fingerprint density at radius 3 is 1.55 bits per heavy atom. The maximum atomic E-state index is 11.1. The Morgan fingerprint density at radius 1 is 0.950 bits per heavy atom. The average Bonchev–Trinajstić information content (AvgIpc) is 2.08. The van der Waals surface area contributed by atoms with Gasteiger partial charge >= 0.3 is 114 Å². The molecule has 1 unspecified atom stereocenters. The van der Waals surface area contributed by atoms with Crippen LogP contribution in [0.15, 0.2) is 0 Å². The molecule has 0 saturated carbocycles. The number of carbonyl (C=O) groups is 3. The molecule has 0 spiro atoms. The molecule has 0 amide bonds. The zero-order valence-electron chi connectivity index (χ0n) is 14.4. The molecule has 0 aliphatic rings. The molecule has 0 heterocycles. The van der Waals surface area contributed by atoms with Crippen LogP contribution < -0.4 is 88.7 Å². The minimum Gasteiger partial charge on any atom is -1.00 e. The van der Waals surface area contributed by atoms with Gasteiger partial charge in [-0.2, -0.15) is 0 Å². The normalized spacial score (nSPS) is 12.7. The van der Waals surface area contributed by atoms with Gasteiger partial charge in [0.2, 0.25) is 0 Å². The molecular formula is C7H14Na3O9P. The van der Waals surface area contributed by atoms with Gasteiger partial charge in [-0.05, 0) is 6.42 Å². The third-order valence-corrected chi connectivity index (χ3v) is 3.84. The van der Waals surface area contributed by atoms with Crippen molar-refractivity contribution in [3.05, 3.63) is 0 Å². The fraction of sp³-hybridized carbons (Fsp3) is 0.571. The van der Waals surface area contributed by atoms with Gasteiger partial charge in [0.25, 0.3) is 0 Å². The second-order valence-electron chi connectivity index (χ2n) is 3.35. The molecule has 0 radical (unpaired) electrons. The quantitative estimate of drug-likeness (QED) is 0.223. The second kappa shape index (κ2) is 12.0. The summed E-state index contributed by atoms with van der Waals surface area (Å²) in [6, 6.07) is 0. The average molecular weight is 342 g/mol. The van der Waals surface area contributed by atoms with Crippen LogP contribution in [0.4, 0.5) is 0 Å². The van der Waals surface area contributed by atoms with E-state index in [4.69, 9.17) is 25.1 Å². The summed E-state index contributed by atoms with van der Waals surface area (Å²) in [7, 11) is -5.32. The number of hydrogen-bond donors (Lipinski definition) is 5. The molecule has 0 aromatic rings. The molecule has 0 aromatic heterocycles. The van der Waals surface area contributed by atoms with Crippen molar-refractivity contribution in [3.8, 4) is 0 Å². The first-order chi connectivity index (χ1) is 7.53. The zero-order chi connectivity index (χ0) is 13.9. The third-order valence-electron chi connectivity index (χ3n) is 2.15. The van der Waals surface area contributed by atoms with Gasteiger partial charge in [-0.1, -0.05) is 0 Å². The first-order valence-electron chi connectivity index (χ1n) is 4.25. The topological polar surface area (TPSA) is 169 Å². The van der Waals surface area contributed by atoms with E-state index in [0.29, 0.717) is 0 Å². The van der Waals surface area contributed by atoms with E-state index < -0.39 is 49.9 Å². The Balaban J connectivity index is -0.0000000853. The molecule has 104 valence electrons. The molecular weight excluding hydrogens is 328 g/mol. The third kappa shape index (κ3) is 8.87. The molecule has 0 fully saturated rings. The van der Waals surface area contributed by atoms with Gasteiger partial charge in [0, 0.05) is 6.42 Å². The summed E-state index contributed by atoms with van der Waals surface area (Å²) in [5, 5.41) is 22.7. The van der Waals surface area contributed by atoms with Crippen molar-refractivity contribution < 1.29 is 137 Å². The van der Waals surface area contributed by atoms with E-state index in [1.807, 2.05) is 0 Å². The summed E-state index contributed by atoms with van der Waals surface area (Å²) in [6.45, 7) is 0. The summed E-state index contributed by atoms with van der Waals surface area (Å²) in [5.41, 5.74) is 0. The van der Waals surface area contributed by atoms with Crippen LogP contribution in [0.3, 0.4) is 0 Å². The Kier molecular flexibility index (Phi) is 17.8.